The zero-order valence-electron chi connectivity index (χ0n) is 16.6. The molecule has 3 aromatic rings. The molecule has 0 bridgehead atoms. The molecule has 1 aliphatic rings. The molecule has 31 heavy (non-hydrogen) atoms. The molecule has 2 heterocycles. The number of sulfone groups is 1. The molecule has 1 aliphatic heterocycles. The van der Waals surface area contributed by atoms with E-state index in [4.69, 9.17) is 15.9 Å². The topological polar surface area (TPSA) is 81.7 Å². The van der Waals surface area contributed by atoms with Crippen LogP contribution in [-0.2, 0) is 14.6 Å². The van der Waals surface area contributed by atoms with Gasteiger partial charge in [0.15, 0.2) is 0 Å². The second-order valence-electron chi connectivity index (χ2n) is 6.89. The molecule has 0 spiro atoms. The number of rotatable bonds is 6. The summed E-state index contributed by atoms with van der Waals surface area (Å²) in [5.74, 6) is 3.07. The van der Waals surface area contributed by atoms with Crippen molar-refractivity contribution in [1.82, 2.24) is 0 Å². The number of thiophene rings is 1. The van der Waals surface area contributed by atoms with Gasteiger partial charge in [0.2, 0.25) is 15.7 Å². The first-order valence-corrected chi connectivity index (χ1v) is 11.8. The zero-order chi connectivity index (χ0) is 22.0. The number of fused-ring (bicyclic) bond motifs is 1. The fourth-order valence-electron chi connectivity index (χ4n) is 3.50. The van der Waals surface area contributed by atoms with Gasteiger partial charge in [-0.2, -0.15) is 0 Å². The van der Waals surface area contributed by atoms with Gasteiger partial charge in [0.05, 0.1) is 17.7 Å². The minimum atomic E-state index is -3.82. The van der Waals surface area contributed by atoms with Gasteiger partial charge in [-0.15, -0.1) is 17.8 Å². The maximum atomic E-state index is 13.3. The molecule has 8 heteroatoms. The van der Waals surface area contributed by atoms with Gasteiger partial charge in [-0.1, -0.05) is 18.1 Å². The Morgan fingerprint density at radius 2 is 1.97 bits per heavy atom. The van der Waals surface area contributed by atoms with E-state index in [0.29, 0.717) is 17.2 Å². The molecule has 1 aromatic heterocycles. The lowest BCUT2D eigenvalue weighted by molar-refractivity contribution is -0.116. The summed E-state index contributed by atoms with van der Waals surface area (Å²) in [5, 5.41) is 4.35. The predicted molar refractivity (Wildman–Crippen MR) is 119 cm³/mol. The Bertz CT molecular complexity index is 1270. The summed E-state index contributed by atoms with van der Waals surface area (Å²) in [6, 6.07) is 13.5. The van der Waals surface area contributed by atoms with Crippen LogP contribution >= 0.6 is 11.3 Å². The Morgan fingerprint density at radius 3 is 2.68 bits per heavy atom. The fourth-order valence-corrected chi connectivity index (χ4v) is 6.41. The molecule has 0 unspecified atom stereocenters. The largest absolute Gasteiger partial charge is 0.497 e. The maximum Gasteiger partial charge on any atom is 0.225 e. The van der Waals surface area contributed by atoms with Crippen LogP contribution in [-0.4, -0.2) is 28.0 Å². The molecular weight excluding hydrogens is 434 g/mol. The van der Waals surface area contributed by atoms with Crippen molar-refractivity contribution in [2.24, 2.45) is 0 Å². The highest BCUT2D eigenvalue weighted by atomic mass is 32.2. The molecule has 0 fully saturated rings. The smallest absolute Gasteiger partial charge is 0.225 e. The Kier molecular flexibility index (Phi) is 5.72. The quantitative estimate of drug-likeness (QED) is 0.569. The van der Waals surface area contributed by atoms with Gasteiger partial charge in [0, 0.05) is 22.6 Å². The third-order valence-corrected chi connectivity index (χ3v) is 8.04. The Labute approximate surface area is 184 Å². The van der Waals surface area contributed by atoms with Gasteiger partial charge in [-0.05, 0) is 42.0 Å². The summed E-state index contributed by atoms with van der Waals surface area (Å²) < 4.78 is 37.1. The van der Waals surface area contributed by atoms with Crippen LogP contribution in [0.15, 0.2) is 63.7 Å². The number of hydrogen-bond donors (Lipinski definition) is 1. The highest BCUT2D eigenvalue weighted by molar-refractivity contribution is 7.91. The fraction of sp³-hybridized carbons (Fsp3) is 0.174. The number of benzene rings is 2. The monoisotopic (exact) mass is 453 g/mol. The molecule has 6 nitrogen and oxygen atoms in total. The number of carbonyl (C=O) groups is 1. The first kappa shape index (κ1) is 21.0. The van der Waals surface area contributed by atoms with Gasteiger partial charge >= 0.3 is 0 Å². The molecule has 2 aromatic carbocycles. The number of amides is 1. The summed E-state index contributed by atoms with van der Waals surface area (Å²) in [4.78, 5) is 13.5. The van der Waals surface area contributed by atoms with Crippen LogP contribution in [0, 0.1) is 12.3 Å². The third-order valence-electron chi connectivity index (χ3n) is 5.00. The zero-order valence-corrected chi connectivity index (χ0v) is 18.3. The van der Waals surface area contributed by atoms with Crippen molar-refractivity contribution in [3.63, 3.8) is 0 Å². The standard InChI is InChI=1S/C23H19NO5S2/c1-3-11-29-17-6-4-5-15(12-17)19-13-21(25)24-22-20(14-30-23(19)22)31(26,27)18-9-7-16(28-2)8-10-18/h1,4-10,12,14,19H,11,13H2,2H3,(H,24,25)/t19-/m0/s1. The lowest BCUT2D eigenvalue weighted by atomic mass is 9.90. The third kappa shape index (κ3) is 4.02. The Balaban J connectivity index is 1.74. The average Bonchev–Trinajstić information content (AvgIpc) is 3.22. The van der Waals surface area contributed by atoms with E-state index in [0.717, 1.165) is 10.4 Å². The lowest BCUT2D eigenvalue weighted by Gasteiger charge is -2.24. The molecule has 1 atom stereocenters. The minimum absolute atomic E-state index is 0.0930. The number of ether oxygens (including phenoxy) is 2. The summed E-state index contributed by atoms with van der Waals surface area (Å²) in [6.07, 6.45) is 5.47. The minimum Gasteiger partial charge on any atom is -0.497 e. The van der Waals surface area contributed by atoms with E-state index in [9.17, 15) is 13.2 Å². The SMILES string of the molecule is C#CCOc1cccc([C@@H]2CC(=O)Nc3c(S(=O)(=O)c4ccc(OC)cc4)csc32)c1. The molecule has 1 N–H and O–H groups in total. The van der Waals surface area contributed by atoms with E-state index < -0.39 is 9.84 Å². The van der Waals surface area contributed by atoms with E-state index in [2.05, 4.69) is 11.2 Å². The van der Waals surface area contributed by atoms with E-state index in [1.807, 2.05) is 18.2 Å². The van der Waals surface area contributed by atoms with Crippen LogP contribution < -0.4 is 14.8 Å². The van der Waals surface area contributed by atoms with Gasteiger partial charge in [-0.25, -0.2) is 8.42 Å². The van der Waals surface area contributed by atoms with Gasteiger partial charge in [0.25, 0.3) is 0 Å². The van der Waals surface area contributed by atoms with Crippen LogP contribution in [0.4, 0.5) is 5.69 Å². The second-order valence-corrected chi connectivity index (χ2v) is 9.72. The summed E-state index contributed by atoms with van der Waals surface area (Å²) in [5.41, 5.74) is 1.21. The summed E-state index contributed by atoms with van der Waals surface area (Å²) in [7, 11) is -2.30. The van der Waals surface area contributed by atoms with Crippen LogP contribution in [0.2, 0.25) is 0 Å². The Morgan fingerprint density at radius 1 is 1.19 bits per heavy atom. The van der Waals surface area contributed by atoms with Crippen molar-refractivity contribution < 1.29 is 22.7 Å². The molecular formula is C23H19NO5S2. The lowest BCUT2D eigenvalue weighted by Crippen LogP contribution is -2.23. The van der Waals surface area contributed by atoms with E-state index in [1.165, 1.54) is 30.6 Å². The summed E-state index contributed by atoms with van der Waals surface area (Å²) in [6.45, 7) is 0.142. The number of terminal acetylenes is 1. The first-order valence-electron chi connectivity index (χ1n) is 9.40. The number of hydrogen-bond acceptors (Lipinski definition) is 6. The Hall–Kier alpha value is -3.28. The molecule has 0 saturated carbocycles. The van der Waals surface area contributed by atoms with E-state index in [1.54, 1.807) is 23.6 Å². The number of nitrogens with one attached hydrogen (secondary N) is 1. The van der Waals surface area contributed by atoms with Gasteiger partial charge < -0.3 is 14.8 Å². The normalized spacial score (nSPS) is 15.5. The predicted octanol–water partition coefficient (Wildman–Crippen LogP) is 4.08. The van der Waals surface area contributed by atoms with Crippen molar-refractivity contribution in [2.45, 2.75) is 22.1 Å². The van der Waals surface area contributed by atoms with Crippen LogP contribution in [0.3, 0.4) is 0 Å². The van der Waals surface area contributed by atoms with Gasteiger partial charge in [-0.3, -0.25) is 4.79 Å². The van der Waals surface area contributed by atoms with Crippen molar-refractivity contribution in [2.75, 3.05) is 19.0 Å². The molecule has 0 saturated heterocycles. The maximum absolute atomic E-state index is 13.3. The number of methoxy groups -OCH3 is 1. The highest BCUT2D eigenvalue weighted by Crippen LogP contribution is 2.46. The molecule has 158 valence electrons. The molecule has 0 radical (unpaired) electrons. The number of anilines is 1. The average molecular weight is 454 g/mol. The first-order chi connectivity index (χ1) is 14.9. The van der Waals surface area contributed by atoms with Crippen molar-refractivity contribution in [3.05, 3.63) is 64.4 Å². The summed E-state index contributed by atoms with van der Waals surface area (Å²) >= 11 is 1.32. The van der Waals surface area contributed by atoms with E-state index in [-0.39, 0.29) is 34.6 Å². The highest BCUT2D eigenvalue weighted by Gasteiger charge is 2.34. The van der Waals surface area contributed by atoms with Crippen LogP contribution in [0.5, 0.6) is 11.5 Å². The van der Waals surface area contributed by atoms with Crippen molar-refractivity contribution in [3.8, 4) is 23.8 Å². The van der Waals surface area contributed by atoms with Crippen molar-refractivity contribution in [1.29, 1.82) is 0 Å². The van der Waals surface area contributed by atoms with Crippen molar-refractivity contribution >= 4 is 32.8 Å². The van der Waals surface area contributed by atoms with E-state index >= 15 is 0 Å². The van der Waals surface area contributed by atoms with Crippen LogP contribution in [0.25, 0.3) is 0 Å². The molecule has 4 rings (SSSR count). The van der Waals surface area contributed by atoms with Crippen LogP contribution in [0.1, 0.15) is 22.8 Å². The molecule has 0 aliphatic carbocycles. The molecule has 1 amide bonds. The van der Waals surface area contributed by atoms with Gasteiger partial charge in [0.1, 0.15) is 23.0 Å². The number of carbonyl (C=O) groups excluding carboxylic acids is 1. The second kappa shape index (κ2) is 8.46.